The van der Waals surface area contributed by atoms with Crippen LogP contribution in [0, 0.1) is 5.92 Å². The van der Waals surface area contributed by atoms with E-state index >= 15 is 0 Å². The van der Waals surface area contributed by atoms with E-state index in [1.165, 1.54) is 6.42 Å². The van der Waals surface area contributed by atoms with Crippen LogP contribution in [0.25, 0.3) is 0 Å². The second-order valence-electron chi connectivity index (χ2n) is 4.94. The number of aliphatic hydroxyl groups excluding tert-OH is 1. The van der Waals surface area contributed by atoms with Gasteiger partial charge in [-0.1, -0.05) is 13.3 Å². The summed E-state index contributed by atoms with van der Waals surface area (Å²) >= 11 is 0. The first-order valence-corrected chi connectivity index (χ1v) is 6.28. The second-order valence-corrected chi connectivity index (χ2v) is 4.94. The van der Waals surface area contributed by atoms with Gasteiger partial charge >= 0.3 is 0 Å². The smallest absolute Gasteiger partial charge is 0.237 e. The zero-order chi connectivity index (χ0) is 12.0. The van der Waals surface area contributed by atoms with E-state index in [-0.39, 0.29) is 30.5 Å². The molecule has 3 N–H and O–H groups in total. The van der Waals surface area contributed by atoms with E-state index in [1.54, 1.807) is 6.92 Å². The van der Waals surface area contributed by atoms with Gasteiger partial charge in [-0.2, -0.15) is 0 Å². The minimum atomic E-state index is -0.292. The minimum absolute atomic E-state index is 0. The quantitative estimate of drug-likeness (QED) is 0.696. The maximum absolute atomic E-state index is 11.8. The summed E-state index contributed by atoms with van der Waals surface area (Å²) in [5, 5.41) is 15.4. The van der Waals surface area contributed by atoms with Crippen molar-refractivity contribution in [3.05, 3.63) is 0 Å². The third-order valence-corrected chi connectivity index (χ3v) is 3.00. The summed E-state index contributed by atoms with van der Waals surface area (Å²) in [6.07, 6.45) is 3.69. The number of piperidine rings is 1. The number of amides is 1. The van der Waals surface area contributed by atoms with Crippen molar-refractivity contribution in [1.82, 2.24) is 10.6 Å². The number of aliphatic hydroxyl groups is 1. The van der Waals surface area contributed by atoms with E-state index < -0.39 is 0 Å². The van der Waals surface area contributed by atoms with Crippen molar-refractivity contribution < 1.29 is 9.90 Å². The third kappa shape index (κ3) is 6.86. The van der Waals surface area contributed by atoms with Crippen molar-refractivity contribution in [2.24, 2.45) is 5.92 Å². The molecule has 5 heteroatoms. The molecule has 0 bridgehead atoms. The van der Waals surface area contributed by atoms with Crippen LogP contribution >= 0.6 is 12.4 Å². The van der Waals surface area contributed by atoms with Gasteiger partial charge in [-0.3, -0.25) is 4.79 Å². The number of halogens is 1. The Morgan fingerprint density at radius 2 is 2.18 bits per heavy atom. The monoisotopic (exact) mass is 264 g/mol. The van der Waals surface area contributed by atoms with Crippen molar-refractivity contribution in [2.45, 2.75) is 51.7 Å². The van der Waals surface area contributed by atoms with Crippen LogP contribution in [0.4, 0.5) is 0 Å². The van der Waals surface area contributed by atoms with Crippen molar-refractivity contribution >= 4 is 18.3 Å². The third-order valence-electron chi connectivity index (χ3n) is 3.00. The molecule has 3 atom stereocenters. The zero-order valence-corrected chi connectivity index (χ0v) is 11.6. The van der Waals surface area contributed by atoms with Crippen LogP contribution in [-0.4, -0.2) is 36.2 Å². The molecule has 0 spiro atoms. The lowest BCUT2D eigenvalue weighted by atomic mass is 10.0. The lowest BCUT2D eigenvalue weighted by Crippen LogP contribution is -2.47. The van der Waals surface area contributed by atoms with Crippen molar-refractivity contribution in [1.29, 1.82) is 0 Å². The predicted molar refractivity (Wildman–Crippen MR) is 71.4 cm³/mol. The number of carbonyl (C=O) groups excluding carboxylic acids is 1. The Morgan fingerprint density at radius 3 is 2.71 bits per heavy atom. The Balaban J connectivity index is 0.00000256. The van der Waals surface area contributed by atoms with E-state index in [0.29, 0.717) is 12.5 Å². The first kappa shape index (κ1) is 16.7. The molecule has 0 radical (unpaired) electrons. The van der Waals surface area contributed by atoms with E-state index in [9.17, 15) is 9.90 Å². The summed E-state index contributed by atoms with van der Waals surface area (Å²) < 4.78 is 0. The lowest BCUT2D eigenvalue weighted by molar-refractivity contribution is -0.123. The van der Waals surface area contributed by atoms with Crippen LogP contribution in [-0.2, 0) is 4.79 Å². The normalized spacial score (nSPS) is 23.4. The number of hydrogen-bond donors (Lipinski definition) is 3. The SMILES string of the molecule is CC(O)CC(C)CNC(=O)C1CCCCN1.Cl. The molecule has 0 aliphatic carbocycles. The van der Waals surface area contributed by atoms with E-state index in [2.05, 4.69) is 10.6 Å². The fraction of sp³-hybridized carbons (Fsp3) is 0.917. The highest BCUT2D eigenvalue weighted by atomic mass is 35.5. The van der Waals surface area contributed by atoms with Crippen molar-refractivity contribution in [3.8, 4) is 0 Å². The highest BCUT2D eigenvalue weighted by Gasteiger charge is 2.20. The average Bonchev–Trinajstić information content (AvgIpc) is 2.26. The summed E-state index contributed by atoms with van der Waals surface area (Å²) in [7, 11) is 0. The molecule has 0 aromatic carbocycles. The van der Waals surface area contributed by atoms with E-state index in [1.807, 2.05) is 6.92 Å². The van der Waals surface area contributed by atoms with Crippen molar-refractivity contribution in [2.75, 3.05) is 13.1 Å². The number of carbonyl (C=O) groups is 1. The Morgan fingerprint density at radius 1 is 1.47 bits per heavy atom. The molecule has 1 aliphatic rings. The Labute approximate surface area is 110 Å². The molecule has 1 fully saturated rings. The zero-order valence-electron chi connectivity index (χ0n) is 10.7. The van der Waals surface area contributed by atoms with Gasteiger partial charge in [-0.05, 0) is 38.6 Å². The summed E-state index contributed by atoms with van der Waals surface area (Å²) in [5.74, 6) is 0.435. The van der Waals surface area contributed by atoms with Crippen LogP contribution < -0.4 is 10.6 Å². The van der Waals surface area contributed by atoms with Gasteiger partial charge in [-0.15, -0.1) is 12.4 Å². The van der Waals surface area contributed by atoms with Gasteiger partial charge in [0, 0.05) is 6.54 Å². The van der Waals surface area contributed by atoms with Crippen LogP contribution in [0.2, 0.25) is 0 Å². The Hall–Kier alpha value is -0.320. The number of nitrogens with one attached hydrogen (secondary N) is 2. The summed E-state index contributed by atoms with van der Waals surface area (Å²) in [6.45, 7) is 5.42. The number of rotatable bonds is 5. The van der Waals surface area contributed by atoms with Crippen LogP contribution in [0.5, 0.6) is 0 Å². The van der Waals surface area contributed by atoms with Crippen LogP contribution in [0.3, 0.4) is 0 Å². The maximum Gasteiger partial charge on any atom is 0.237 e. The van der Waals surface area contributed by atoms with Crippen LogP contribution in [0.15, 0.2) is 0 Å². The van der Waals surface area contributed by atoms with Gasteiger partial charge in [0.05, 0.1) is 12.1 Å². The second kappa shape index (κ2) is 8.72. The fourth-order valence-corrected chi connectivity index (χ4v) is 2.14. The average molecular weight is 265 g/mol. The Kier molecular flexibility index (Phi) is 8.56. The fourth-order valence-electron chi connectivity index (χ4n) is 2.14. The highest BCUT2D eigenvalue weighted by Crippen LogP contribution is 2.08. The molecule has 1 heterocycles. The largest absolute Gasteiger partial charge is 0.393 e. The minimum Gasteiger partial charge on any atom is -0.393 e. The molecule has 1 saturated heterocycles. The van der Waals surface area contributed by atoms with Gasteiger partial charge in [0.2, 0.25) is 5.91 Å². The molecule has 102 valence electrons. The van der Waals surface area contributed by atoms with Gasteiger partial charge in [0.1, 0.15) is 0 Å². The van der Waals surface area contributed by atoms with Gasteiger partial charge in [-0.25, -0.2) is 0 Å². The molecule has 1 aliphatic heterocycles. The molecular formula is C12H25ClN2O2. The predicted octanol–water partition coefficient (Wildman–Crippen LogP) is 1.07. The van der Waals surface area contributed by atoms with Crippen LogP contribution in [0.1, 0.15) is 39.5 Å². The van der Waals surface area contributed by atoms with Crippen molar-refractivity contribution in [3.63, 3.8) is 0 Å². The van der Waals surface area contributed by atoms with Gasteiger partial charge in [0.25, 0.3) is 0 Å². The molecule has 0 aromatic heterocycles. The molecular weight excluding hydrogens is 240 g/mol. The molecule has 0 aromatic rings. The molecule has 3 unspecified atom stereocenters. The molecule has 0 saturated carbocycles. The standard InChI is InChI=1S/C12H24N2O2.ClH/c1-9(7-10(2)15)8-14-12(16)11-5-3-4-6-13-11;/h9-11,13,15H,3-8H2,1-2H3,(H,14,16);1H. The molecule has 1 amide bonds. The van der Waals surface area contributed by atoms with E-state index in [4.69, 9.17) is 0 Å². The Bertz CT molecular complexity index is 219. The lowest BCUT2D eigenvalue weighted by Gasteiger charge is -2.23. The summed E-state index contributed by atoms with van der Waals surface area (Å²) in [4.78, 5) is 11.8. The maximum atomic E-state index is 11.8. The molecule has 4 nitrogen and oxygen atoms in total. The first-order chi connectivity index (χ1) is 7.59. The summed E-state index contributed by atoms with van der Waals surface area (Å²) in [5.41, 5.74) is 0. The van der Waals surface area contributed by atoms with E-state index in [0.717, 1.165) is 25.8 Å². The van der Waals surface area contributed by atoms with Gasteiger partial charge in [0.15, 0.2) is 0 Å². The summed E-state index contributed by atoms with van der Waals surface area (Å²) in [6, 6.07) is -0.00694. The number of hydrogen-bond acceptors (Lipinski definition) is 3. The first-order valence-electron chi connectivity index (χ1n) is 6.28. The molecule has 1 rings (SSSR count). The molecule has 17 heavy (non-hydrogen) atoms. The topological polar surface area (TPSA) is 61.4 Å². The highest BCUT2D eigenvalue weighted by molar-refractivity contribution is 5.85. The van der Waals surface area contributed by atoms with Gasteiger partial charge < -0.3 is 15.7 Å².